The minimum Gasteiger partial charge on any atom is -0.323 e. The molecule has 2 N–H and O–H groups in total. The molecular formula is C17H14N6. The van der Waals surface area contributed by atoms with Crippen LogP contribution in [0, 0.1) is 6.92 Å². The fourth-order valence-corrected chi connectivity index (χ4v) is 2.38. The summed E-state index contributed by atoms with van der Waals surface area (Å²) in [4.78, 5) is 13.6. The van der Waals surface area contributed by atoms with E-state index in [-0.39, 0.29) is 0 Å². The molecule has 0 spiro atoms. The molecule has 1 aromatic carbocycles. The summed E-state index contributed by atoms with van der Waals surface area (Å²) in [7, 11) is 0. The van der Waals surface area contributed by atoms with E-state index < -0.39 is 0 Å². The molecule has 23 heavy (non-hydrogen) atoms. The first-order valence-corrected chi connectivity index (χ1v) is 7.27. The van der Waals surface area contributed by atoms with Crippen molar-refractivity contribution in [3.8, 4) is 11.4 Å². The van der Waals surface area contributed by atoms with E-state index in [0.29, 0.717) is 23.1 Å². The van der Waals surface area contributed by atoms with Gasteiger partial charge in [0, 0.05) is 23.5 Å². The number of anilines is 2. The number of nitrogens with zero attached hydrogens (tertiary/aromatic N) is 4. The average Bonchev–Trinajstić information content (AvgIpc) is 3.00. The van der Waals surface area contributed by atoms with Gasteiger partial charge in [-0.25, -0.2) is 15.0 Å². The zero-order valence-electron chi connectivity index (χ0n) is 12.5. The Bertz CT molecular complexity index is 961. The largest absolute Gasteiger partial charge is 0.323 e. The maximum absolute atomic E-state index is 4.66. The van der Waals surface area contributed by atoms with Gasteiger partial charge in [-0.3, -0.25) is 5.10 Å². The number of aromatic nitrogens is 5. The molecule has 6 heteroatoms. The molecule has 4 aromatic rings. The van der Waals surface area contributed by atoms with E-state index in [9.17, 15) is 0 Å². The number of pyridine rings is 1. The van der Waals surface area contributed by atoms with Crippen LogP contribution in [0.2, 0.25) is 0 Å². The average molecular weight is 302 g/mol. The van der Waals surface area contributed by atoms with Crippen LogP contribution in [0.4, 0.5) is 11.6 Å². The Morgan fingerprint density at radius 2 is 1.87 bits per heavy atom. The molecule has 3 aromatic heterocycles. The Kier molecular flexibility index (Phi) is 3.20. The van der Waals surface area contributed by atoms with Crippen LogP contribution in [-0.2, 0) is 0 Å². The molecule has 0 aliphatic heterocycles. The zero-order valence-corrected chi connectivity index (χ0v) is 12.5. The number of fused-ring (bicyclic) bond motifs is 1. The second-order valence-electron chi connectivity index (χ2n) is 5.20. The van der Waals surface area contributed by atoms with Crippen molar-refractivity contribution in [3.63, 3.8) is 0 Å². The number of aryl methyl sites for hydroxylation is 1. The van der Waals surface area contributed by atoms with Crippen molar-refractivity contribution in [2.45, 2.75) is 6.92 Å². The van der Waals surface area contributed by atoms with Gasteiger partial charge in [-0.2, -0.15) is 5.10 Å². The standard InChI is InChI=1S/C17H14N6/c1-11-10-14(23-22-11)19-17-13-8-5-9-18-16(13)20-15(21-17)12-6-3-2-4-7-12/h2-10H,1H3,(H2,18,19,20,21,22,23). The Balaban J connectivity index is 1.87. The highest BCUT2D eigenvalue weighted by molar-refractivity contribution is 5.89. The van der Waals surface area contributed by atoms with Crippen LogP contribution in [0.15, 0.2) is 54.7 Å². The second kappa shape index (κ2) is 5.49. The lowest BCUT2D eigenvalue weighted by molar-refractivity contribution is 1.05. The summed E-state index contributed by atoms with van der Waals surface area (Å²) in [5.74, 6) is 2.03. The molecular weight excluding hydrogens is 288 g/mol. The third-order valence-corrected chi connectivity index (χ3v) is 3.46. The lowest BCUT2D eigenvalue weighted by atomic mass is 10.2. The van der Waals surface area contributed by atoms with Gasteiger partial charge in [0.2, 0.25) is 0 Å². The Labute approximate surface area is 132 Å². The Morgan fingerprint density at radius 3 is 2.65 bits per heavy atom. The highest BCUT2D eigenvalue weighted by Gasteiger charge is 2.11. The summed E-state index contributed by atoms with van der Waals surface area (Å²) in [5, 5.41) is 11.2. The molecule has 4 rings (SSSR count). The molecule has 3 heterocycles. The fourth-order valence-electron chi connectivity index (χ4n) is 2.38. The minimum atomic E-state index is 0.631. The lowest BCUT2D eigenvalue weighted by Gasteiger charge is -2.08. The van der Waals surface area contributed by atoms with Crippen molar-refractivity contribution in [2.24, 2.45) is 0 Å². The van der Waals surface area contributed by atoms with Gasteiger partial charge < -0.3 is 5.32 Å². The van der Waals surface area contributed by atoms with Crippen molar-refractivity contribution >= 4 is 22.7 Å². The van der Waals surface area contributed by atoms with Crippen LogP contribution in [-0.4, -0.2) is 25.1 Å². The molecule has 0 unspecified atom stereocenters. The van der Waals surface area contributed by atoms with Crippen LogP contribution in [0.3, 0.4) is 0 Å². The van der Waals surface area contributed by atoms with Crippen molar-refractivity contribution in [1.29, 1.82) is 0 Å². The van der Waals surface area contributed by atoms with Crippen LogP contribution < -0.4 is 5.32 Å². The number of rotatable bonds is 3. The van der Waals surface area contributed by atoms with Gasteiger partial charge >= 0.3 is 0 Å². The van der Waals surface area contributed by atoms with Gasteiger partial charge in [0.15, 0.2) is 17.3 Å². The van der Waals surface area contributed by atoms with Gasteiger partial charge in [-0.15, -0.1) is 0 Å². The van der Waals surface area contributed by atoms with E-state index >= 15 is 0 Å². The first kappa shape index (κ1) is 13.4. The summed E-state index contributed by atoms with van der Waals surface area (Å²) in [6, 6.07) is 15.6. The van der Waals surface area contributed by atoms with Crippen LogP contribution in [0.5, 0.6) is 0 Å². The van der Waals surface area contributed by atoms with Crippen LogP contribution in [0.25, 0.3) is 22.4 Å². The molecule has 0 atom stereocenters. The molecule has 0 saturated carbocycles. The lowest BCUT2D eigenvalue weighted by Crippen LogP contribution is -2.00. The van der Waals surface area contributed by atoms with Crippen LogP contribution in [0.1, 0.15) is 5.69 Å². The number of nitrogens with one attached hydrogen (secondary N) is 2. The molecule has 0 radical (unpaired) electrons. The Morgan fingerprint density at radius 1 is 1.00 bits per heavy atom. The van der Waals surface area contributed by atoms with E-state index in [1.165, 1.54) is 0 Å². The quantitative estimate of drug-likeness (QED) is 0.606. The summed E-state index contributed by atoms with van der Waals surface area (Å²) in [5.41, 5.74) is 2.57. The third kappa shape index (κ3) is 2.62. The third-order valence-electron chi connectivity index (χ3n) is 3.46. The predicted octanol–water partition coefficient (Wildman–Crippen LogP) is 3.47. The topological polar surface area (TPSA) is 79.4 Å². The number of aromatic amines is 1. The van der Waals surface area contributed by atoms with Gasteiger partial charge in [-0.1, -0.05) is 30.3 Å². The summed E-state index contributed by atoms with van der Waals surface area (Å²) < 4.78 is 0. The highest BCUT2D eigenvalue weighted by atomic mass is 15.2. The molecule has 112 valence electrons. The number of benzene rings is 1. The minimum absolute atomic E-state index is 0.631. The first-order chi connectivity index (χ1) is 11.3. The maximum Gasteiger partial charge on any atom is 0.165 e. The first-order valence-electron chi connectivity index (χ1n) is 7.27. The predicted molar refractivity (Wildman–Crippen MR) is 89.4 cm³/mol. The Hall–Kier alpha value is -3.28. The number of H-pyrrole nitrogens is 1. The molecule has 0 aliphatic rings. The van der Waals surface area contributed by atoms with Gasteiger partial charge in [0.25, 0.3) is 0 Å². The van der Waals surface area contributed by atoms with Gasteiger partial charge in [0.05, 0.1) is 5.39 Å². The van der Waals surface area contributed by atoms with Crippen molar-refractivity contribution in [2.75, 3.05) is 5.32 Å². The molecule has 6 nitrogen and oxygen atoms in total. The molecule has 0 aliphatic carbocycles. The van der Waals surface area contributed by atoms with Gasteiger partial charge in [0.1, 0.15) is 5.82 Å². The van der Waals surface area contributed by atoms with Crippen molar-refractivity contribution in [1.82, 2.24) is 25.1 Å². The molecule has 0 saturated heterocycles. The van der Waals surface area contributed by atoms with E-state index in [2.05, 4.69) is 30.5 Å². The van der Waals surface area contributed by atoms with E-state index in [4.69, 9.17) is 0 Å². The monoisotopic (exact) mass is 302 g/mol. The molecule has 0 fully saturated rings. The highest BCUT2D eigenvalue weighted by Crippen LogP contribution is 2.25. The normalized spacial score (nSPS) is 10.8. The second-order valence-corrected chi connectivity index (χ2v) is 5.20. The van der Waals surface area contributed by atoms with Gasteiger partial charge in [-0.05, 0) is 19.1 Å². The van der Waals surface area contributed by atoms with Crippen LogP contribution >= 0.6 is 0 Å². The summed E-state index contributed by atoms with van der Waals surface area (Å²) in [6.07, 6.45) is 1.73. The van der Waals surface area contributed by atoms with E-state index in [1.54, 1.807) is 6.20 Å². The SMILES string of the molecule is Cc1cc(Nc2nc(-c3ccccc3)nc3ncccc23)n[nH]1. The summed E-state index contributed by atoms with van der Waals surface area (Å²) >= 11 is 0. The number of hydrogen-bond donors (Lipinski definition) is 2. The van der Waals surface area contributed by atoms with E-state index in [1.807, 2.05) is 55.5 Å². The zero-order chi connectivity index (χ0) is 15.6. The number of hydrogen-bond acceptors (Lipinski definition) is 5. The fraction of sp³-hybridized carbons (Fsp3) is 0.0588. The summed E-state index contributed by atoms with van der Waals surface area (Å²) in [6.45, 7) is 1.95. The molecule has 0 amide bonds. The maximum atomic E-state index is 4.66. The van der Waals surface area contributed by atoms with Crippen molar-refractivity contribution < 1.29 is 0 Å². The van der Waals surface area contributed by atoms with Crippen molar-refractivity contribution in [3.05, 3.63) is 60.4 Å². The molecule has 0 bridgehead atoms. The smallest absolute Gasteiger partial charge is 0.165 e. The van der Waals surface area contributed by atoms with E-state index in [0.717, 1.165) is 16.6 Å².